The molecule has 0 fully saturated rings. The number of nitrogens with zero attached hydrogens (tertiary/aromatic N) is 2. The van der Waals surface area contributed by atoms with Gasteiger partial charge in [-0.2, -0.15) is 0 Å². The monoisotopic (exact) mass is 378 g/mol. The number of thioether (sulfide) groups is 1. The third-order valence-electron chi connectivity index (χ3n) is 3.81. The van der Waals surface area contributed by atoms with Crippen molar-refractivity contribution in [3.63, 3.8) is 0 Å². The molecule has 0 radical (unpaired) electrons. The highest BCUT2D eigenvalue weighted by molar-refractivity contribution is 7.99. The van der Waals surface area contributed by atoms with E-state index >= 15 is 0 Å². The molecule has 7 heteroatoms. The Morgan fingerprint density at radius 2 is 2.12 bits per heavy atom. The summed E-state index contributed by atoms with van der Waals surface area (Å²) in [5.41, 5.74) is 0.502. The van der Waals surface area contributed by atoms with Crippen LogP contribution < -0.4 is 5.56 Å². The summed E-state index contributed by atoms with van der Waals surface area (Å²) >= 11 is 7.59. The van der Waals surface area contributed by atoms with Gasteiger partial charge >= 0.3 is 0 Å². The maximum Gasteiger partial charge on any atom is 0.262 e. The number of aliphatic hydroxyl groups excluding tert-OH is 1. The zero-order valence-electron chi connectivity index (χ0n) is 13.7. The van der Waals surface area contributed by atoms with E-state index in [9.17, 15) is 4.79 Å². The Balaban J connectivity index is 1.94. The Morgan fingerprint density at radius 1 is 1.24 bits per heavy atom. The Bertz CT molecular complexity index is 893. The first-order valence-electron chi connectivity index (χ1n) is 8.15. The summed E-state index contributed by atoms with van der Waals surface area (Å²) in [7, 11) is 0. The molecule has 0 spiro atoms. The number of hydrogen-bond donors (Lipinski definition) is 1. The Kier molecular flexibility index (Phi) is 6.18. The van der Waals surface area contributed by atoms with Gasteiger partial charge in [-0.3, -0.25) is 9.36 Å². The minimum atomic E-state index is -0.101. The molecule has 2 heterocycles. The van der Waals surface area contributed by atoms with Crippen molar-refractivity contribution in [1.82, 2.24) is 9.55 Å². The van der Waals surface area contributed by atoms with Crippen LogP contribution in [0, 0.1) is 0 Å². The average Bonchev–Trinajstić information content (AvgIpc) is 3.11. The van der Waals surface area contributed by atoms with E-state index in [-0.39, 0.29) is 12.2 Å². The van der Waals surface area contributed by atoms with Gasteiger partial charge in [-0.15, -0.1) is 0 Å². The second kappa shape index (κ2) is 8.56. The van der Waals surface area contributed by atoms with E-state index in [0.717, 1.165) is 25.0 Å². The number of hydrogen-bond acceptors (Lipinski definition) is 5. The van der Waals surface area contributed by atoms with Gasteiger partial charge < -0.3 is 9.52 Å². The zero-order valence-corrected chi connectivity index (χ0v) is 15.2. The number of rotatable bonds is 8. The summed E-state index contributed by atoms with van der Waals surface area (Å²) < 4.78 is 7.04. The third kappa shape index (κ3) is 4.45. The van der Waals surface area contributed by atoms with E-state index in [1.807, 2.05) is 6.07 Å². The smallest absolute Gasteiger partial charge is 0.262 e. The molecule has 1 aromatic carbocycles. The Labute approximate surface area is 154 Å². The maximum atomic E-state index is 12.9. The van der Waals surface area contributed by atoms with Gasteiger partial charge in [0.15, 0.2) is 5.16 Å². The first-order valence-corrected chi connectivity index (χ1v) is 9.51. The van der Waals surface area contributed by atoms with Crippen molar-refractivity contribution in [1.29, 1.82) is 0 Å². The minimum absolute atomic E-state index is 0.101. The summed E-state index contributed by atoms with van der Waals surface area (Å²) in [6, 6.07) is 8.77. The van der Waals surface area contributed by atoms with E-state index in [1.54, 1.807) is 35.1 Å². The van der Waals surface area contributed by atoms with Gasteiger partial charge in [0.05, 0.1) is 23.7 Å². The molecule has 1 N–H and O–H groups in total. The summed E-state index contributed by atoms with van der Waals surface area (Å²) in [6.07, 6.45) is 4.29. The quantitative estimate of drug-likeness (QED) is 0.365. The number of benzene rings is 1. The molecule has 0 atom stereocenters. The van der Waals surface area contributed by atoms with Crippen molar-refractivity contribution >= 4 is 34.3 Å². The number of fused-ring (bicyclic) bond motifs is 1. The molecule has 0 unspecified atom stereocenters. The van der Waals surface area contributed by atoms with Crippen molar-refractivity contribution in [2.75, 3.05) is 12.4 Å². The molecule has 0 aliphatic carbocycles. The molecule has 2 aromatic heterocycles. The summed E-state index contributed by atoms with van der Waals surface area (Å²) in [6.45, 7) is 0.553. The fourth-order valence-electron chi connectivity index (χ4n) is 2.54. The van der Waals surface area contributed by atoms with E-state index in [4.69, 9.17) is 21.1 Å². The van der Waals surface area contributed by atoms with Crippen molar-refractivity contribution in [2.45, 2.75) is 31.0 Å². The van der Waals surface area contributed by atoms with E-state index in [2.05, 4.69) is 4.98 Å². The molecule has 0 saturated carbocycles. The van der Waals surface area contributed by atoms with Crippen LogP contribution in [0.25, 0.3) is 10.9 Å². The van der Waals surface area contributed by atoms with Crippen LogP contribution in [-0.4, -0.2) is 27.0 Å². The lowest BCUT2D eigenvalue weighted by atomic mass is 10.2. The molecule has 0 aliphatic heterocycles. The molecule has 5 nitrogen and oxygen atoms in total. The van der Waals surface area contributed by atoms with Crippen LogP contribution in [0.4, 0.5) is 0 Å². The predicted octanol–water partition coefficient (Wildman–Crippen LogP) is 3.95. The normalized spacial score (nSPS) is 11.3. The molecular weight excluding hydrogens is 360 g/mol. The van der Waals surface area contributed by atoms with Gasteiger partial charge in [0.1, 0.15) is 5.76 Å². The highest BCUT2D eigenvalue weighted by atomic mass is 35.5. The number of aliphatic hydroxyl groups is 1. The highest BCUT2D eigenvalue weighted by Gasteiger charge is 2.13. The molecular formula is C18H19ClN2O3S. The van der Waals surface area contributed by atoms with Gasteiger partial charge in [-0.05, 0) is 43.2 Å². The van der Waals surface area contributed by atoms with Gasteiger partial charge in [0, 0.05) is 17.4 Å². The van der Waals surface area contributed by atoms with E-state index in [0.29, 0.717) is 33.4 Å². The van der Waals surface area contributed by atoms with Crippen molar-refractivity contribution in [3.8, 4) is 0 Å². The van der Waals surface area contributed by atoms with Crippen LogP contribution in [-0.2, 0) is 6.54 Å². The lowest BCUT2D eigenvalue weighted by molar-refractivity contribution is 0.284. The van der Waals surface area contributed by atoms with E-state index < -0.39 is 0 Å². The van der Waals surface area contributed by atoms with Crippen LogP contribution in [0.3, 0.4) is 0 Å². The molecule has 25 heavy (non-hydrogen) atoms. The summed E-state index contributed by atoms with van der Waals surface area (Å²) in [4.78, 5) is 17.6. The predicted molar refractivity (Wildman–Crippen MR) is 100 cm³/mol. The summed E-state index contributed by atoms with van der Waals surface area (Å²) in [5.74, 6) is 1.54. The molecule has 3 rings (SSSR count). The SMILES string of the molecule is O=c1c2ccc(Cl)cc2nc(SCCCCCO)n1Cc1ccco1. The lowest BCUT2D eigenvalue weighted by Gasteiger charge is -2.12. The van der Waals surface area contributed by atoms with Crippen molar-refractivity contribution in [2.24, 2.45) is 0 Å². The van der Waals surface area contributed by atoms with Crippen LogP contribution in [0.5, 0.6) is 0 Å². The Hall–Kier alpha value is -1.76. The standard InChI is InChI=1S/C18H19ClN2O3S/c19-13-6-7-15-16(11-13)20-18(25-10-3-1-2-8-22)21(17(15)23)12-14-5-4-9-24-14/h4-7,9,11,22H,1-3,8,10,12H2. The van der Waals surface area contributed by atoms with Crippen LogP contribution in [0.15, 0.2) is 51.0 Å². The van der Waals surface area contributed by atoms with Crippen molar-refractivity contribution < 1.29 is 9.52 Å². The van der Waals surface area contributed by atoms with E-state index in [1.165, 1.54) is 11.8 Å². The number of furan rings is 1. The van der Waals surface area contributed by atoms with Gasteiger partial charge in [0.25, 0.3) is 5.56 Å². The molecule has 0 amide bonds. The number of halogens is 1. The maximum absolute atomic E-state index is 12.9. The van der Waals surface area contributed by atoms with Gasteiger partial charge in [-0.25, -0.2) is 4.98 Å². The zero-order chi connectivity index (χ0) is 17.6. The number of aromatic nitrogens is 2. The van der Waals surface area contributed by atoms with Crippen LogP contribution in [0.2, 0.25) is 5.02 Å². The second-order valence-electron chi connectivity index (χ2n) is 5.66. The average molecular weight is 379 g/mol. The van der Waals surface area contributed by atoms with Gasteiger partial charge in [-0.1, -0.05) is 29.8 Å². The topological polar surface area (TPSA) is 68.3 Å². The highest BCUT2D eigenvalue weighted by Crippen LogP contribution is 2.22. The summed E-state index contributed by atoms with van der Waals surface area (Å²) in [5, 5.41) is 10.6. The number of unbranched alkanes of at least 4 members (excludes halogenated alkanes) is 2. The molecule has 3 aromatic rings. The first kappa shape index (κ1) is 18.0. The molecule has 132 valence electrons. The fraction of sp³-hybridized carbons (Fsp3) is 0.333. The first-order chi connectivity index (χ1) is 12.2. The molecule has 0 saturated heterocycles. The van der Waals surface area contributed by atoms with Crippen LogP contribution >= 0.6 is 23.4 Å². The van der Waals surface area contributed by atoms with Gasteiger partial charge in [0.2, 0.25) is 0 Å². The largest absolute Gasteiger partial charge is 0.467 e. The minimum Gasteiger partial charge on any atom is -0.467 e. The van der Waals surface area contributed by atoms with Crippen molar-refractivity contribution in [3.05, 3.63) is 57.7 Å². The molecule has 0 bridgehead atoms. The van der Waals surface area contributed by atoms with Crippen LogP contribution in [0.1, 0.15) is 25.0 Å². The molecule has 0 aliphatic rings. The second-order valence-corrected chi connectivity index (χ2v) is 7.16. The fourth-order valence-corrected chi connectivity index (χ4v) is 3.70. The third-order valence-corrected chi connectivity index (χ3v) is 5.11. The Morgan fingerprint density at radius 3 is 2.88 bits per heavy atom. The lowest BCUT2D eigenvalue weighted by Crippen LogP contribution is -2.24.